The highest BCUT2D eigenvalue weighted by atomic mass is 16.9. The van der Waals surface area contributed by atoms with Crippen LogP contribution in [0, 0.1) is 0 Å². The molecule has 3 rings (SSSR count). The van der Waals surface area contributed by atoms with Gasteiger partial charge in [-0.3, -0.25) is 0 Å². The molecule has 4 nitrogen and oxygen atoms in total. The summed E-state index contributed by atoms with van der Waals surface area (Å²) in [6.45, 7) is 14.0. The fraction of sp³-hybridized carbons (Fsp3) is 0.611. The van der Waals surface area contributed by atoms with Gasteiger partial charge in [0, 0.05) is 26.9 Å². The number of benzene rings is 2. The zero-order valence-electron chi connectivity index (χ0n) is 26.5. The average Bonchev–Trinajstić information content (AvgIpc) is 3.35. The van der Waals surface area contributed by atoms with Crippen LogP contribution >= 0.6 is 0 Å². The molecule has 40 heavy (non-hydrogen) atoms. The summed E-state index contributed by atoms with van der Waals surface area (Å²) in [6.07, 6.45) is 15.7. The fourth-order valence-corrected chi connectivity index (χ4v) is 5.96. The Morgan fingerprint density at radius 2 is 1.32 bits per heavy atom. The molecule has 4 heteroatoms. The molecule has 0 saturated heterocycles. The lowest BCUT2D eigenvalue weighted by molar-refractivity contribution is -0.444. The third-order valence-corrected chi connectivity index (χ3v) is 7.77. The van der Waals surface area contributed by atoms with Crippen molar-refractivity contribution in [3.8, 4) is 11.1 Å². The molecule has 2 aromatic rings. The molecule has 0 aliphatic heterocycles. The van der Waals surface area contributed by atoms with Crippen molar-refractivity contribution in [2.45, 2.75) is 117 Å². The van der Waals surface area contributed by atoms with E-state index < -0.39 is 11.6 Å². The van der Waals surface area contributed by atoms with Gasteiger partial charge >= 0.3 is 5.97 Å². The number of hydrogen-bond donors (Lipinski definition) is 0. The van der Waals surface area contributed by atoms with E-state index in [2.05, 4.69) is 75.4 Å². The fourth-order valence-electron chi connectivity index (χ4n) is 5.96. The third kappa shape index (κ3) is 8.76. The second kappa shape index (κ2) is 18.5. The first-order chi connectivity index (χ1) is 19.5. The van der Waals surface area contributed by atoms with Crippen LogP contribution in [0.1, 0.15) is 116 Å². The Morgan fingerprint density at radius 3 is 1.93 bits per heavy atom. The van der Waals surface area contributed by atoms with Crippen LogP contribution in [-0.4, -0.2) is 38.5 Å². The molecule has 224 valence electrons. The van der Waals surface area contributed by atoms with Gasteiger partial charge in [0.05, 0.1) is 0 Å². The lowest BCUT2D eigenvalue weighted by Gasteiger charge is -2.47. The van der Waals surface area contributed by atoms with E-state index in [1.807, 2.05) is 20.8 Å². The lowest BCUT2D eigenvalue weighted by atomic mass is 9.87. The van der Waals surface area contributed by atoms with Gasteiger partial charge in [-0.1, -0.05) is 113 Å². The molecular formula is C36H56O4. The van der Waals surface area contributed by atoms with Crippen LogP contribution in [0.15, 0.2) is 48.5 Å². The minimum Gasteiger partial charge on any atom is -0.370 e. The predicted octanol–water partition coefficient (Wildman–Crippen LogP) is 9.98. The smallest absolute Gasteiger partial charge is 0.313 e. The average molecular weight is 553 g/mol. The van der Waals surface area contributed by atoms with Crippen molar-refractivity contribution in [3.05, 3.63) is 65.2 Å². The van der Waals surface area contributed by atoms with Crippen LogP contribution in [0.25, 0.3) is 17.2 Å². The summed E-state index contributed by atoms with van der Waals surface area (Å²) in [4.78, 5) is 0. The van der Waals surface area contributed by atoms with Gasteiger partial charge in [-0.05, 0) is 74.8 Å². The molecule has 0 amide bonds. The summed E-state index contributed by atoms with van der Waals surface area (Å²) >= 11 is 0. The largest absolute Gasteiger partial charge is 0.370 e. The molecule has 1 aliphatic carbocycles. The van der Waals surface area contributed by atoms with Gasteiger partial charge in [0.25, 0.3) is 0 Å². The number of methoxy groups -OCH3 is 1. The first-order valence-electron chi connectivity index (χ1n) is 15.8. The molecule has 2 aromatic carbocycles. The first-order valence-corrected chi connectivity index (χ1v) is 15.8. The van der Waals surface area contributed by atoms with Crippen LogP contribution in [0.5, 0.6) is 0 Å². The van der Waals surface area contributed by atoms with Crippen LogP contribution in [-0.2, 0) is 25.4 Å². The van der Waals surface area contributed by atoms with Gasteiger partial charge in [-0.15, -0.1) is 0 Å². The molecule has 0 aromatic heterocycles. The molecule has 0 heterocycles. The van der Waals surface area contributed by atoms with Gasteiger partial charge in [0.1, 0.15) is 5.60 Å². The Balaban J connectivity index is 0.000000299. The lowest BCUT2D eigenvalue weighted by Crippen LogP contribution is -2.60. The summed E-state index contributed by atoms with van der Waals surface area (Å²) in [7, 11) is 1.76. The number of ether oxygens (including phenoxy) is 4. The van der Waals surface area contributed by atoms with Gasteiger partial charge < -0.3 is 18.9 Å². The SMILES string of the molecule is CC=Cc1cccc2c1Cc1ccccc1-2.CCCCCCCCC(CCC)(OC)C(OCC)(OCC)OCC. The van der Waals surface area contributed by atoms with Crippen molar-refractivity contribution in [1.29, 1.82) is 0 Å². The second-order valence-corrected chi connectivity index (χ2v) is 10.5. The number of unbranched alkanes of at least 4 members (excludes halogenated alkanes) is 5. The van der Waals surface area contributed by atoms with Crippen LogP contribution < -0.4 is 0 Å². The van der Waals surface area contributed by atoms with E-state index in [4.69, 9.17) is 18.9 Å². The minimum absolute atomic E-state index is 0.533. The monoisotopic (exact) mass is 552 g/mol. The Morgan fingerprint density at radius 1 is 0.700 bits per heavy atom. The van der Waals surface area contributed by atoms with Crippen molar-refractivity contribution < 1.29 is 18.9 Å². The molecule has 1 aliphatic rings. The Hall–Kier alpha value is -1.98. The third-order valence-electron chi connectivity index (χ3n) is 7.77. The van der Waals surface area contributed by atoms with Gasteiger partial charge in [-0.2, -0.15) is 0 Å². The van der Waals surface area contributed by atoms with E-state index >= 15 is 0 Å². The van der Waals surface area contributed by atoms with E-state index in [1.165, 1.54) is 59.9 Å². The normalized spacial score (nSPS) is 14.0. The molecule has 1 unspecified atom stereocenters. The van der Waals surface area contributed by atoms with Crippen molar-refractivity contribution in [2.24, 2.45) is 0 Å². The molecule has 0 saturated carbocycles. The van der Waals surface area contributed by atoms with E-state index in [1.54, 1.807) is 7.11 Å². The van der Waals surface area contributed by atoms with Gasteiger partial charge in [0.15, 0.2) is 0 Å². The van der Waals surface area contributed by atoms with Crippen LogP contribution in [0.2, 0.25) is 0 Å². The highest BCUT2D eigenvalue weighted by Gasteiger charge is 2.55. The minimum atomic E-state index is -1.11. The van der Waals surface area contributed by atoms with Gasteiger partial charge in [0.2, 0.25) is 0 Å². The maximum atomic E-state index is 6.05. The first kappa shape index (κ1) is 34.2. The number of allylic oxidation sites excluding steroid dienone is 1. The van der Waals surface area contributed by atoms with E-state index in [9.17, 15) is 0 Å². The topological polar surface area (TPSA) is 36.9 Å². The molecule has 0 N–H and O–H groups in total. The molecule has 0 spiro atoms. The van der Waals surface area contributed by atoms with E-state index in [-0.39, 0.29) is 0 Å². The van der Waals surface area contributed by atoms with Crippen molar-refractivity contribution in [1.82, 2.24) is 0 Å². The summed E-state index contributed by atoms with van der Waals surface area (Å²) < 4.78 is 24.2. The number of hydrogen-bond acceptors (Lipinski definition) is 4. The quantitative estimate of drug-likeness (QED) is 0.116. The Kier molecular flexibility index (Phi) is 15.8. The van der Waals surface area contributed by atoms with Crippen molar-refractivity contribution >= 4 is 6.08 Å². The molecule has 0 radical (unpaired) electrons. The van der Waals surface area contributed by atoms with Crippen LogP contribution in [0.4, 0.5) is 0 Å². The summed E-state index contributed by atoms with van der Waals surface area (Å²) in [5.74, 6) is -1.11. The standard InChI is InChI=1S/C20H42O4.C16H14/c1-7-12-13-14-15-16-18-19(21-6,17-8-2)20(22-9-3,23-10-4)24-11-5;1-2-6-12-8-5-10-15-14-9-4-3-7-13(14)11-16(12)15/h7-18H2,1-6H3;2-10H,11H2,1H3. The van der Waals surface area contributed by atoms with Crippen molar-refractivity contribution in [3.63, 3.8) is 0 Å². The highest BCUT2D eigenvalue weighted by Crippen LogP contribution is 2.41. The summed E-state index contributed by atoms with van der Waals surface area (Å²) in [5.41, 5.74) is 6.54. The zero-order chi connectivity index (χ0) is 29.3. The molecule has 0 fully saturated rings. The second-order valence-electron chi connectivity index (χ2n) is 10.5. The molecule has 1 atom stereocenters. The molecular weight excluding hydrogens is 496 g/mol. The maximum absolute atomic E-state index is 6.05. The molecule has 0 bridgehead atoms. The van der Waals surface area contributed by atoms with E-state index in [0.29, 0.717) is 19.8 Å². The van der Waals surface area contributed by atoms with Gasteiger partial charge in [-0.25, -0.2) is 0 Å². The Bertz CT molecular complexity index is 981. The highest BCUT2D eigenvalue weighted by molar-refractivity contribution is 5.80. The number of rotatable bonds is 18. The number of fused-ring (bicyclic) bond motifs is 3. The maximum Gasteiger partial charge on any atom is 0.313 e. The van der Waals surface area contributed by atoms with Crippen molar-refractivity contribution in [2.75, 3.05) is 26.9 Å². The Labute approximate surface area is 245 Å². The summed E-state index contributed by atoms with van der Waals surface area (Å²) in [6, 6.07) is 15.3. The van der Waals surface area contributed by atoms with Crippen LogP contribution in [0.3, 0.4) is 0 Å². The summed E-state index contributed by atoms with van der Waals surface area (Å²) in [5, 5.41) is 0. The van der Waals surface area contributed by atoms with E-state index in [0.717, 1.165) is 32.1 Å². The zero-order valence-corrected chi connectivity index (χ0v) is 26.5. The predicted molar refractivity (Wildman–Crippen MR) is 170 cm³/mol.